The highest BCUT2D eigenvalue weighted by Crippen LogP contribution is 2.45. The Labute approximate surface area is 149 Å². The number of rotatable bonds is 4. The molecule has 0 saturated heterocycles. The molecule has 0 spiro atoms. The summed E-state index contributed by atoms with van der Waals surface area (Å²) in [5, 5.41) is 0. The third-order valence-corrected chi connectivity index (χ3v) is 3.26. The van der Waals surface area contributed by atoms with Crippen LogP contribution < -0.4 is 0 Å². The summed E-state index contributed by atoms with van der Waals surface area (Å²) in [7, 11) is 0. The van der Waals surface area contributed by atoms with Crippen LogP contribution in [-0.4, -0.2) is 0 Å². The second-order valence-corrected chi connectivity index (χ2v) is 5.03. The topological polar surface area (TPSA) is 9.23 Å². The van der Waals surface area contributed by atoms with Gasteiger partial charge in [-0.15, -0.1) is 0 Å². The van der Waals surface area contributed by atoms with E-state index in [-0.39, 0.29) is 0 Å². The molecular weight excluding hydrogens is 450 g/mol. The highest BCUT2D eigenvalue weighted by molar-refractivity contribution is 5.29. The molecule has 0 amide bonds. The fourth-order valence-corrected chi connectivity index (χ4v) is 1.98. The number of ether oxygens (including phenoxy) is 1. The zero-order valence-corrected chi connectivity index (χ0v) is 12.7. The molecule has 2 aromatic rings. The summed E-state index contributed by atoms with van der Waals surface area (Å²) in [6.07, 6.45) is -12.4. The summed E-state index contributed by atoms with van der Waals surface area (Å²) in [4.78, 5) is 0. The highest BCUT2D eigenvalue weighted by atomic mass is 19.3. The fraction of sp³-hybridized carbons (Fsp3) is 0.143. The van der Waals surface area contributed by atoms with Gasteiger partial charge in [-0.1, -0.05) is 0 Å². The molecule has 0 fully saturated rings. The molecule has 0 heterocycles. The van der Waals surface area contributed by atoms with Crippen LogP contribution in [0.3, 0.4) is 0 Å². The Morgan fingerprint density at radius 3 is 0.724 bits per heavy atom. The van der Waals surface area contributed by atoms with Gasteiger partial charge < -0.3 is 0 Å². The predicted octanol–water partition coefficient (Wildman–Crippen LogP) is 5.89. The van der Waals surface area contributed by atoms with Gasteiger partial charge in [-0.3, -0.25) is 0 Å². The molecule has 0 aliphatic heterocycles. The van der Waals surface area contributed by atoms with Crippen LogP contribution in [0.2, 0.25) is 0 Å². The Balaban J connectivity index is 2.68. The molecule has 1 nitrogen and oxygen atoms in total. The minimum atomic E-state index is -6.22. The highest BCUT2D eigenvalue weighted by Gasteiger charge is 2.54. The molecule has 29 heavy (non-hydrogen) atoms. The Kier molecular flexibility index (Phi) is 5.51. The molecule has 0 bridgehead atoms. The van der Waals surface area contributed by atoms with E-state index in [9.17, 15) is 61.5 Å². The first-order valence-corrected chi connectivity index (χ1v) is 6.55. The van der Waals surface area contributed by atoms with Gasteiger partial charge in [0.05, 0.1) is 0 Å². The lowest BCUT2D eigenvalue weighted by Gasteiger charge is -2.25. The number of hydrogen-bond acceptors (Lipinski definition) is 1. The zero-order chi connectivity index (χ0) is 22.6. The Bertz CT molecular complexity index is 861. The SMILES string of the molecule is Fc1c(F)c(F)c(C(F)(F)OC(F)(F)c2c(F)c(F)c(F)c(F)c2F)c(F)c1F. The molecule has 0 aliphatic carbocycles. The van der Waals surface area contributed by atoms with Gasteiger partial charge in [0.15, 0.2) is 46.5 Å². The summed E-state index contributed by atoms with van der Waals surface area (Å²) in [6.45, 7) is 0. The third-order valence-electron chi connectivity index (χ3n) is 3.26. The molecule has 15 heteroatoms. The van der Waals surface area contributed by atoms with Gasteiger partial charge in [0.2, 0.25) is 11.6 Å². The van der Waals surface area contributed by atoms with E-state index in [0.717, 1.165) is 0 Å². The van der Waals surface area contributed by atoms with Crippen LogP contribution in [0.15, 0.2) is 0 Å². The van der Waals surface area contributed by atoms with Gasteiger partial charge in [-0.05, 0) is 0 Å². The first-order valence-electron chi connectivity index (χ1n) is 6.55. The van der Waals surface area contributed by atoms with Gasteiger partial charge in [0.1, 0.15) is 11.1 Å². The second-order valence-electron chi connectivity index (χ2n) is 5.03. The number of alkyl halides is 4. The molecule has 0 unspecified atom stereocenters. The van der Waals surface area contributed by atoms with Crippen molar-refractivity contribution in [2.75, 3.05) is 0 Å². The van der Waals surface area contributed by atoms with E-state index in [1.807, 2.05) is 0 Å². The van der Waals surface area contributed by atoms with Gasteiger partial charge in [0.25, 0.3) is 0 Å². The van der Waals surface area contributed by atoms with Crippen molar-refractivity contribution in [3.63, 3.8) is 0 Å². The average molecular weight is 450 g/mol. The van der Waals surface area contributed by atoms with Gasteiger partial charge in [-0.25, -0.2) is 48.6 Å². The van der Waals surface area contributed by atoms with E-state index >= 15 is 0 Å². The van der Waals surface area contributed by atoms with E-state index < -0.39 is 81.5 Å². The van der Waals surface area contributed by atoms with Crippen molar-refractivity contribution in [2.24, 2.45) is 0 Å². The maximum Gasteiger partial charge on any atom is 0.393 e. The molecule has 0 aromatic heterocycles. The van der Waals surface area contributed by atoms with Crippen molar-refractivity contribution in [1.29, 1.82) is 0 Å². The summed E-state index contributed by atoms with van der Waals surface area (Å²) in [6, 6.07) is 0. The van der Waals surface area contributed by atoms with Crippen molar-refractivity contribution < 1.29 is 66.2 Å². The van der Waals surface area contributed by atoms with Crippen LogP contribution >= 0.6 is 0 Å². The monoisotopic (exact) mass is 450 g/mol. The standard InChI is InChI=1S/C14F14O/c15-3-1(4(16)8(20)11(23)7(3)19)13(25,26)29-14(27,28)2-5(17)9(21)12(24)10(22)6(2)18. The summed E-state index contributed by atoms with van der Waals surface area (Å²) >= 11 is 0. The molecule has 0 N–H and O–H groups in total. The zero-order valence-electron chi connectivity index (χ0n) is 12.7. The molecule has 0 aliphatic rings. The first kappa shape index (κ1) is 22.7. The normalized spacial score (nSPS) is 12.6. The predicted molar refractivity (Wildman–Crippen MR) is 61.3 cm³/mol. The maximum atomic E-state index is 13.7. The minimum Gasteiger partial charge on any atom is -0.247 e. The molecule has 2 aromatic carbocycles. The van der Waals surface area contributed by atoms with Crippen LogP contribution in [-0.2, 0) is 17.0 Å². The van der Waals surface area contributed by atoms with E-state index in [1.54, 1.807) is 0 Å². The maximum absolute atomic E-state index is 13.7. The van der Waals surface area contributed by atoms with E-state index in [1.165, 1.54) is 0 Å². The van der Waals surface area contributed by atoms with Crippen molar-refractivity contribution in [2.45, 2.75) is 12.2 Å². The largest absolute Gasteiger partial charge is 0.393 e. The van der Waals surface area contributed by atoms with Crippen molar-refractivity contribution in [3.05, 3.63) is 69.3 Å². The average Bonchev–Trinajstić information content (AvgIpc) is 2.60. The lowest BCUT2D eigenvalue weighted by Crippen LogP contribution is -2.34. The number of hydrogen-bond donors (Lipinski definition) is 0. The van der Waals surface area contributed by atoms with Crippen molar-refractivity contribution in [1.82, 2.24) is 0 Å². The van der Waals surface area contributed by atoms with Gasteiger partial charge in [-0.2, -0.15) is 17.6 Å². The van der Waals surface area contributed by atoms with Crippen molar-refractivity contribution in [3.8, 4) is 0 Å². The smallest absolute Gasteiger partial charge is 0.247 e. The minimum absolute atomic E-state index is 2.48. The van der Waals surface area contributed by atoms with Crippen LogP contribution in [0.25, 0.3) is 0 Å². The van der Waals surface area contributed by atoms with E-state index in [0.29, 0.717) is 0 Å². The number of halogens is 14. The Morgan fingerprint density at radius 1 is 0.345 bits per heavy atom. The van der Waals surface area contributed by atoms with Crippen LogP contribution in [0.5, 0.6) is 0 Å². The van der Waals surface area contributed by atoms with E-state index in [4.69, 9.17) is 0 Å². The quantitative estimate of drug-likeness (QED) is 0.321. The molecule has 0 atom stereocenters. The van der Waals surface area contributed by atoms with E-state index in [2.05, 4.69) is 4.74 Å². The summed E-state index contributed by atoms with van der Waals surface area (Å²) in [5.74, 6) is -31.5. The van der Waals surface area contributed by atoms with Crippen LogP contribution in [0, 0.1) is 58.2 Å². The van der Waals surface area contributed by atoms with Crippen LogP contribution in [0.4, 0.5) is 61.5 Å². The fourth-order valence-electron chi connectivity index (χ4n) is 1.98. The van der Waals surface area contributed by atoms with Crippen molar-refractivity contribution >= 4 is 0 Å². The summed E-state index contributed by atoms with van der Waals surface area (Å²) < 4.78 is 189. The first-order chi connectivity index (χ1) is 13.1. The third kappa shape index (κ3) is 3.47. The second kappa shape index (κ2) is 7.03. The lowest BCUT2D eigenvalue weighted by molar-refractivity contribution is -0.394. The molecule has 2 rings (SSSR count). The summed E-state index contributed by atoms with van der Waals surface area (Å²) in [5.41, 5.74) is -6.62. The Hall–Kier alpha value is -2.58. The molecule has 0 radical (unpaired) electrons. The lowest BCUT2D eigenvalue weighted by atomic mass is 10.1. The van der Waals surface area contributed by atoms with Gasteiger partial charge in [0, 0.05) is 0 Å². The number of benzene rings is 2. The molecular formula is C14F14O. The van der Waals surface area contributed by atoms with Crippen LogP contribution in [0.1, 0.15) is 11.1 Å². The van der Waals surface area contributed by atoms with Gasteiger partial charge >= 0.3 is 12.2 Å². The Morgan fingerprint density at radius 2 is 0.517 bits per heavy atom. The molecule has 160 valence electrons. The molecule has 0 saturated carbocycles.